The molecular weight excluding hydrogens is 1380 g/mol. The Kier molecular flexibility index (Phi) is 20.0. The quantitative estimate of drug-likeness (QED) is 0.0345. The second-order valence-electron chi connectivity index (χ2n) is 28.7. The van der Waals surface area contributed by atoms with Crippen LogP contribution in [0, 0.1) is 28.6 Å². The molecule has 8 heterocycles. The Morgan fingerprint density at radius 1 is 0.514 bits per heavy atom. The molecule has 8 aromatic heterocycles. The molecule has 0 unspecified atom stereocenters. The van der Waals surface area contributed by atoms with Crippen molar-refractivity contribution >= 4 is 105 Å². The van der Waals surface area contributed by atoms with Crippen LogP contribution in [0.5, 0.6) is 0 Å². The minimum atomic E-state index is -2.12. The van der Waals surface area contributed by atoms with Crippen molar-refractivity contribution < 1.29 is 67.3 Å². The SMILES string of the molecule is C[C@H]1C[C@@H]2[C@H]3CCC4=CC(=O)C=C[C@@]4(C)[C@]3(F)[C@H](O)C[C@@]2(C)[C@]1(O)C(=O)NCCNC(=O)c1cc(NC(=O)c2cc(NC(=O)c3cc(NC(=O)c4cc(NC(=O)CCCNC(=O)c5cc(NC(=O)c6cc(NC(=O)c7cc(NC(=O)c8nccn8C)cn7C)cn6C)cn5C)cn4C)cn3C)cn2C)cn1C. The van der Waals surface area contributed by atoms with Gasteiger partial charge < -0.3 is 99.9 Å². The van der Waals surface area contributed by atoms with Crippen molar-refractivity contribution in [2.24, 2.45) is 85.0 Å². The third-order valence-corrected chi connectivity index (χ3v) is 21.6. The van der Waals surface area contributed by atoms with Gasteiger partial charge in [-0.3, -0.25) is 52.7 Å². The Labute approximate surface area is 613 Å². The number of nitrogens with zero attached hydrogens (tertiary/aromatic N) is 9. The summed E-state index contributed by atoms with van der Waals surface area (Å²) in [4.78, 5) is 151. The zero-order valence-electron chi connectivity index (χ0n) is 60.9. The van der Waals surface area contributed by atoms with E-state index in [0.717, 1.165) is 0 Å². The Balaban J connectivity index is 0.559. The second kappa shape index (κ2) is 28.7. The Morgan fingerprint density at radius 3 is 1.29 bits per heavy atom. The monoisotopic (exact) mass is 1470 g/mol. The lowest BCUT2D eigenvalue weighted by molar-refractivity contribution is -0.219. The fourth-order valence-electron chi connectivity index (χ4n) is 16.1. The van der Waals surface area contributed by atoms with Crippen molar-refractivity contribution in [3.8, 4) is 0 Å². The van der Waals surface area contributed by atoms with Crippen molar-refractivity contribution in [1.82, 2.24) is 57.5 Å². The van der Waals surface area contributed by atoms with E-state index in [9.17, 15) is 63.0 Å². The lowest BCUT2D eigenvalue weighted by Gasteiger charge is -2.62. The third-order valence-electron chi connectivity index (χ3n) is 21.6. The molecule has 32 nitrogen and oxygen atoms in total. The van der Waals surface area contributed by atoms with Crippen LogP contribution in [-0.2, 0) is 70.8 Å². The van der Waals surface area contributed by atoms with Crippen molar-refractivity contribution in [1.29, 1.82) is 0 Å². The number of alkyl halides is 1. The fourth-order valence-corrected chi connectivity index (χ4v) is 16.1. The molecule has 0 saturated heterocycles. The normalized spacial score (nSPS) is 22.0. The van der Waals surface area contributed by atoms with Gasteiger partial charge in [-0.25, -0.2) is 9.37 Å². The molecular formula is C74H86FN19O13. The average Bonchev–Trinajstić information content (AvgIpc) is 1.54. The summed E-state index contributed by atoms with van der Waals surface area (Å²) in [5, 5.41) is 51.8. The van der Waals surface area contributed by atoms with Crippen LogP contribution in [0.1, 0.15) is 143 Å². The van der Waals surface area contributed by atoms with Crippen LogP contribution in [0.4, 0.5) is 44.2 Å². The van der Waals surface area contributed by atoms with Gasteiger partial charge in [0.05, 0.1) is 45.9 Å². The molecule has 8 atom stereocenters. The molecule has 8 aromatic rings. The Hall–Kier alpha value is -12.1. The Bertz CT molecular complexity index is 5050. The van der Waals surface area contributed by atoms with Crippen LogP contribution in [0.25, 0.3) is 0 Å². The van der Waals surface area contributed by atoms with E-state index in [1.807, 2.05) is 0 Å². The summed E-state index contributed by atoms with van der Waals surface area (Å²) in [6.07, 6.45) is 18.1. The molecule has 562 valence electrons. The van der Waals surface area contributed by atoms with Gasteiger partial charge in [-0.15, -0.1) is 0 Å². The van der Waals surface area contributed by atoms with E-state index in [1.165, 1.54) is 107 Å². The smallest absolute Gasteiger partial charge is 0.291 e. The topological polar surface area (TPSA) is 401 Å². The molecule has 0 aliphatic heterocycles. The first-order valence-electron chi connectivity index (χ1n) is 34.8. The molecule has 12 rings (SSSR count). The first kappa shape index (κ1) is 74.6. The number of halogens is 1. The minimum Gasteiger partial charge on any atom is -0.390 e. The molecule has 107 heavy (non-hydrogen) atoms. The number of ketones is 1. The van der Waals surface area contributed by atoms with E-state index >= 15 is 4.39 Å². The maximum atomic E-state index is 17.7. The van der Waals surface area contributed by atoms with Gasteiger partial charge in [-0.05, 0) is 105 Å². The number of rotatable bonds is 23. The zero-order chi connectivity index (χ0) is 77.1. The molecule has 33 heteroatoms. The number of nitrogens with one attached hydrogen (secondary N) is 10. The molecule has 0 aromatic carbocycles. The van der Waals surface area contributed by atoms with Crippen molar-refractivity contribution in [3.05, 3.63) is 168 Å². The summed E-state index contributed by atoms with van der Waals surface area (Å²) < 4.78 is 29.9. The van der Waals surface area contributed by atoms with E-state index in [0.29, 0.717) is 47.6 Å². The molecule has 4 aliphatic carbocycles. The van der Waals surface area contributed by atoms with Gasteiger partial charge in [0.25, 0.3) is 53.2 Å². The molecule has 0 bridgehead atoms. The molecule has 4 aliphatic rings. The number of fused-ring (bicyclic) bond motifs is 5. The highest BCUT2D eigenvalue weighted by Crippen LogP contribution is 2.70. The van der Waals surface area contributed by atoms with Crippen LogP contribution in [0.2, 0.25) is 0 Å². The number of allylic oxidation sites excluding steroid dienone is 4. The predicted molar refractivity (Wildman–Crippen MR) is 392 cm³/mol. The molecule has 12 N–H and O–H groups in total. The lowest BCUT2D eigenvalue weighted by atomic mass is 9.44. The summed E-state index contributed by atoms with van der Waals surface area (Å²) in [5.74, 6) is -6.92. The molecule has 3 fully saturated rings. The summed E-state index contributed by atoms with van der Waals surface area (Å²) in [6, 6.07) is 10.4. The number of anilines is 7. The minimum absolute atomic E-state index is 0.0153. The highest BCUT2D eigenvalue weighted by Gasteiger charge is 2.76. The number of carbonyl (C=O) groups is 11. The summed E-state index contributed by atoms with van der Waals surface area (Å²) >= 11 is 0. The van der Waals surface area contributed by atoms with Gasteiger partial charge in [0.1, 0.15) is 39.9 Å². The second-order valence-corrected chi connectivity index (χ2v) is 28.7. The van der Waals surface area contributed by atoms with Gasteiger partial charge in [-0.2, -0.15) is 0 Å². The Morgan fingerprint density at radius 2 is 0.888 bits per heavy atom. The number of hydrogen-bond acceptors (Lipinski definition) is 14. The zero-order valence-corrected chi connectivity index (χ0v) is 60.9. The van der Waals surface area contributed by atoms with Crippen LogP contribution in [0.3, 0.4) is 0 Å². The van der Waals surface area contributed by atoms with Gasteiger partial charge in [0, 0.05) is 155 Å². The van der Waals surface area contributed by atoms with Crippen LogP contribution < -0.4 is 53.2 Å². The number of aryl methyl sites for hydroxylation is 8. The van der Waals surface area contributed by atoms with E-state index in [4.69, 9.17) is 0 Å². The number of amides is 10. The van der Waals surface area contributed by atoms with E-state index in [-0.39, 0.29) is 113 Å². The number of imidazole rings is 1. The van der Waals surface area contributed by atoms with E-state index in [2.05, 4.69) is 58.2 Å². The molecule has 0 radical (unpaired) electrons. The molecule has 10 amide bonds. The van der Waals surface area contributed by atoms with Crippen LogP contribution in [0.15, 0.2) is 122 Å². The number of hydrogen-bond donors (Lipinski definition) is 12. The number of carbonyl (C=O) groups excluding carboxylic acids is 11. The number of aliphatic hydroxyl groups excluding tert-OH is 1. The third kappa shape index (κ3) is 14.0. The van der Waals surface area contributed by atoms with Crippen molar-refractivity contribution in [2.75, 3.05) is 56.9 Å². The highest BCUT2D eigenvalue weighted by atomic mass is 19.1. The van der Waals surface area contributed by atoms with Gasteiger partial charge in [-0.1, -0.05) is 25.5 Å². The molecule has 3 saturated carbocycles. The number of aliphatic hydroxyl groups is 2. The lowest BCUT2D eigenvalue weighted by Crippen LogP contribution is -2.70. The summed E-state index contributed by atoms with van der Waals surface area (Å²) in [5.41, 5.74) is -2.30. The highest BCUT2D eigenvalue weighted by molar-refractivity contribution is 6.11. The number of aromatic nitrogens is 9. The van der Waals surface area contributed by atoms with Crippen molar-refractivity contribution in [2.45, 2.75) is 76.7 Å². The first-order valence-corrected chi connectivity index (χ1v) is 34.8. The van der Waals surface area contributed by atoms with E-state index in [1.54, 1.807) is 123 Å². The van der Waals surface area contributed by atoms with Crippen LogP contribution >= 0.6 is 0 Å². The van der Waals surface area contributed by atoms with Crippen molar-refractivity contribution in [3.63, 3.8) is 0 Å². The first-order chi connectivity index (χ1) is 50.6. The van der Waals surface area contributed by atoms with E-state index < -0.39 is 99.1 Å². The average molecular weight is 1470 g/mol. The fraction of sp³-hybridized carbons (Fsp3) is 0.378. The summed E-state index contributed by atoms with van der Waals surface area (Å²) in [7, 11) is 13.1. The largest absolute Gasteiger partial charge is 0.390 e. The van der Waals surface area contributed by atoms with Gasteiger partial charge in [0.2, 0.25) is 5.91 Å². The predicted octanol–water partition coefficient (Wildman–Crippen LogP) is 5.65. The van der Waals surface area contributed by atoms with Crippen LogP contribution in [-0.4, -0.2) is 154 Å². The van der Waals surface area contributed by atoms with Gasteiger partial charge in [0.15, 0.2) is 22.9 Å². The maximum absolute atomic E-state index is 17.7. The molecule has 0 spiro atoms. The van der Waals surface area contributed by atoms with Gasteiger partial charge >= 0.3 is 0 Å². The standard InChI is InChI=1S/C74H86FN19O13/c1-40-23-51-50-15-14-41-24-49(95)16-17-71(41,2)73(50,75)59(96)32-72(51,3)74(40,107)70(106)79-20-19-78-63(99)53-27-44(35-89(53)6)82-66(102)56-29-46(37-91(56)8)84-67(103)57-28-45(36-93(57)10)83-64(100)54-25-42(33-90(54)7)80-60(97)13-12-18-77-62(98)52-26-43(34-88(52)5)81-65(101)55-30-47(38-92(55)9)85-68(104)58-31-48(39-94(58)11)86-69(105)61-76-21-22-87(61)4/h16-17,21-22,24-31,33-40,50-51,59,96,107H,12-15,18-20,23,32H2,1-11H3,(H,77,98)(H,78,99)(H,79,106)(H,80,97)(H,81,101)(H,82,102)(H,83,100)(H,84,103)(H,85,104)(H,86,105)/t40-,50+,51+,59+,71+,72+,73+,74+/m0/s1. The maximum Gasteiger partial charge on any atom is 0.291 e. The summed E-state index contributed by atoms with van der Waals surface area (Å²) in [6.45, 7) is 5.24.